The summed E-state index contributed by atoms with van der Waals surface area (Å²) < 4.78 is 5.51. The summed E-state index contributed by atoms with van der Waals surface area (Å²) in [5.74, 6) is 1.28. The largest absolute Gasteiger partial charge is 0.495 e. The van der Waals surface area contributed by atoms with Crippen LogP contribution in [-0.4, -0.2) is 49.8 Å². The van der Waals surface area contributed by atoms with Crippen molar-refractivity contribution >= 4 is 5.69 Å². The summed E-state index contributed by atoms with van der Waals surface area (Å²) in [4.78, 5) is 4.91. The van der Waals surface area contributed by atoms with Crippen molar-refractivity contribution in [3.05, 3.63) is 59.7 Å². The third-order valence-electron chi connectivity index (χ3n) is 5.90. The molecule has 0 saturated carbocycles. The Morgan fingerprint density at radius 2 is 1.73 bits per heavy atom. The molecule has 26 heavy (non-hydrogen) atoms. The molecular formula is C22H28N2O2. The summed E-state index contributed by atoms with van der Waals surface area (Å²) in [5, 5.41) is 10.8. The van der Waals surface area contributed by atoms with E-state index in [0.717, 1.165) is 56.9 Å². The number of ether oxygens (including phenoxy) is 1. The quantitative estimate of drug-likeness (QED) is 0.917. The zero-order chi connectivity index (χ0) is 17.9. The van der Waals surface area contributed by atoms with Gasteiger partial charge >= 0.3 is 0 Å². The number of hydrogen-bond donors (Lipinski definition) is 1. The molecule has 0 unspecified atom stereocenters. The van der Waals surface area contributed by atoms with E-state index in [0.29, 0.717) is 5.92 Å². The molecule has 4 rings (SSSR count). The lowest BCUT2D eigenvalue weighted by Crippen LogP contribution is -2.48. The van der Waals surface area contributed by atoms with Crippen molar-refractivity contribution in [2.45, 2.75) is 18.9 Å². The highest BCUT2D eigenvalue weighted by atomic mass is 16.5. The van der Waals surface area contributed by atoms with Gasteiger partial charge in [-0.1, -0.05) is 36.4 Å². The van der Waals surface area contributed by atoms with E-state index >= 15 is 0 Å². The van der Waals surface area contributed by atoms with E-state index in [-0.39, 0.29) is 6.10 Å². The van der Waals surface area contributed by atoms with Gasteiger partial charge in [0.2, 0.25) is 0 Å². The van der Waals surface area contributed by atoms with Gasteiger partial charge in [-0.05, 0) is 36.1 Å². The summed E-state index contributed by atoms with van der Waals surface area (Å²) in [6.07, 6.45) is 1.83. The molecule has 1 aliphatic carbocycles. The number of aliphatic hydroxyl groups excluding tert-OH is 1. The Morgan fingerprint density at radius 1 is 1.00 bits per heavy atom. The second-order valence-corrected chi connectivity index (χ2v) is 7.40. The molecule has 0 radical (unpaired) electrons. The number of hydrogen-bond acceptors (Lipinski definition) is 4. The lowest BCUT2D eigenvalue weighted by atomic mass is 9.81. The normalized spacial score (nSPS) is 23.5. The molecule has 2 aliphatic rings. The van der Waals surface area contributed by atoms with Crippen LogP contribution in [0.2, 0.25) is 0 Å². The fourth-order valence-electron chi connectivity index (χ4n) is 4.39. The zero-order valence-corrected chi connectivity index (χ0v) is 15.5. The zero-order valence-electron chi connectivity index (χ0n) is 15.5. The van der Waals surface area contributed by atoms with Crippen LogP contribution in [0.1, 0.15) is 23.7 Å². The van der Waals surface area contributed by atoms with Crippen LogP contribution in [0.25, 0.3) is 0 Å². The number of anilines is 1. The highest BCUT2D eigenvalue weighted by Crippen LogP contribution is 2.35. The van der Waals surface area contributed by atoms with Crippen molar-refractivity contribution < 1.29 is 9.84 Å². The van der Waals surface area contributed by atoms with Gasteiger partial charge in [-0.2, -0.15) is 0 Å². The Hall–Kier alpha value is -2.04. The van der Waals surface area contributed by atoms with Crippen molar-refractivity contribution in [1.29, 1.82) is 0 Å². The Bertz CT molecular complexity index is 740. The van der Waals surface area contributed by atoms with Crippen LogP contribution in [0.3, 0.4) is 0 Å². The van der Waals surface area contributed by atoms with Crippen LogP contribution in [0.4, 0.5) is 5.69 Å². The average molecular weight is 352 g/mol. The number of aliphatic hydroxyl groups is 1. The van der Waals surface area contributed by atoms with Gasteiger partial charge in [-0.3, -0.25) is 4.90 Å². The predicted molar refractivity (Wildman–Crippen MR) is 105 cm³/mol. The number of fused-ring (bicyclic) bond motifs is 1. The number of para-hydroxylation sites is 2. The number of benzene rings is 2. The first-order valence-corrected chi connectivity index (χ1v) is 9.62. The van der Waals surface area contributed by atoms with Crippen molar-refractivity contribution in [3.8, 4) is 5.75 Å². The highest BCUT2D eigenvalue weighted by molar-refractivity contribution is 5.58. The molecule has 2 aromatic carbocycles. The molecule has 1 heterocycles. The number of methoxy groups -OCH3 is 1. The molecule has 1 aliphatic heterocycles. The lowest BCUT2D eigenvalue weighted by Gasteiger charge is -2.40. The average Bonchev–Trinajstić information content (AvgIpc) is 2.71. The van der Waals surface area contributed by atoms with E-state index in [2.05, 4.69) is 40.1 Å². The minimum atomic E-state index is -0.327. The maximum atomic E-state index is 10.8. The number of nitrogens with zero attached hydrogens (tertiary/aromatic N) is 2. The van der Waals surface area contributed by atoms with Crippen LogP contribution in [0, 0.1) is 5.92 Å². The third-order valence-corrected chi connectivity index (χ3v) is 5.90. The van der Waals surface area contributed by atoms with Crippen molar-refractivity contribution in [2.75, 3.05) is 44.7 Å². The van der Waals surface area contributed by atoms with Crippen LogP contribution < -0.4 is 9.64 Å². The number of rotatable bonds is 4. The van der Waals surface area contributed by atoms with Crippen molar-refractivity contribution in [3.63, 3.8) is 0 Å². The molecule has 0 aromatic heterocycles. The fraction of sp³-hybridized carbons (Fsp3) is 0.455. The molecule has 138 valence electrons. The first-order valence-electron chi connectivity index (χ1n) is 9.62. The van der Waals surface area contributed by atoms with E-state index in [1.807, 2.05) is 18.2 Å². The molecular weight excluding hydrogens is 324 g/mol. The molecule has 4 nitrogen and oxygen atoms in total. The second-order valence-electron chi connectivity index (χ2n) is 7.40. The van der Waals surface area contributed by atoms with E-state index in [1.165, 1.54) is 11.3 Å². The van der Waals surface area contributed by atoms with E-state index in [9.17, 15) is 5.11 Å². The molecule has 1 fully saturated rings. The minimum Gasteiger partial charge on any atom is -0.495 e. The summed E-state index contributed by atoms with van der Waals surface area (Å²) in [6, 6.07) is 16.6. The summed E-state index contributed by atoms with van der Waals surface area (Å²) in [5.41, 5.74) is 3.63. The van der Waals surface area contributed by atoms with Crippen molar-refractivity contribution in [2.24, 2.45) is 5.92 Å². The molecule has 1 N–H and O–H groups in total. The summed E-state index contributed by atoms with van der Waals surface area (Å²) in [6.45, 7) is 5.04. The Kier molecular flexibility index (Phi) is 5.14. The van der Waals surface area contributed by atoms with Crippen LogP contribution in [0.5, 0.6) is 5.75 Å². The highest BCUT2D eigenvalue weighted by Gasteiger charge is 2.30. The van der Waals surface area contributed by atoms with Crippen LogP contribution in [0.15, 0.2) is 48.5 Å². The lowest BCUT2D eigenvalue weighted by molar-refractivity contribution is 0.0642. The van der Waals surface area contributed by atoms with E-state index < -0.39 is 0 Å². The number of piperazine rings is 1. The van der Waals surface area contributed by atoms with E-state index in [4.69, 9.17) is 4.74 Å². The molecule has 0 amide bonds. The summed E-state index contributed by atoms with van der Waals surface area (Å²) >= 11 is 0. The Labute approximate surface area is 156 Å². The standard InChI is InChI=1S/C22H28N2O2/c1-26-21-9-5-4-8-20(21)24-14-12-23(13-15-24)16-18-11-10-17-6-2-3-7-19(17)22(18)25/h2-9,18,22,25H,10-16H2,1H3/t18-,22+/m1/s1. The van der Waals surface area contributed by atoms with Gasteiger partial charge in [-0.25, -0.2) is 0 Å². The van der Waals surface area contributed by atoms with Gasteiger partial charge in [0.1, 0.15) is 5.75 Å². The van der Waals surface area contributed by atoms with Gasteiger partial charge in [0.05, 0.1) is 18.9 Å². The molecule has 0 spiro atoms. The Morgan fingerprint density at radius 3 is 2.54 bits per heavy atom. The maximum absolute atomic E-state index is 10.8. The fourth-order valence-corrected chi connectivity index (χ4v) is 4.39. The van der Waals surface area contributed by atoms with Gasteiger partial charge in [0, 0.05) is 38.6 Å². The third kappa shape index (κ3) is 3.44. The van der Waals surface area contributed by atoms with Crippen LogP contribution in [-0.2, 0) is 6.42 Å². The Balaban J connectivity index is 1.36. The smallest absolute Gasteiger partial charge is 0.142 e. The van der Waals surface area contributed by atoms with Gasteiger partial charge in [-0.15, -0.1) is 0 Å². The molecule has 4 heteroatoms. The summed E-state index contributed by atoms with van der Waals surface area (Å²) in [7, 11) is 1.73. The first-order chi connectivity index (χ1) is 12.8. The maximum Gasteiger partial charge on any atom is 0.142 e. The van der Waals surface area contributed by atoms with E-state index in [1.54, 1.807) is 7.11 Å². The molecule has 1 saturated heterocycles. The topological polar surface area (TPSA) is 35.9 Å². The minimum absolute atomic E-state index is 0.327. The SMILES string of the molecule is COc1ccccc1N1CCN(C[C@H]2CCc3ccccc3[C@H]2O)CC1. The van der Waals surface area contributed by atoms with Gasteiger partial charge in [0.15, 0.2) is 0 Å². The van der Waals surface area contributed by atoms with Gasteiger partial charge in [0.25, 0.3) is 0 Å². The number of aryl methyl sites for hydroxylation is 1. The van der Waals surface area contributed by atoms with Crippen LogP contribution >= 0.6 is 0 Å². The van der Waals surface area contributed by atoms with Crippen molar-refractivity contribution in [1.82, 2.24) is 4.90 Å². The first kappa shape index (κ1) is 17.4. The molecule has 2 atom stereocenters. The van der Waals surface area contributed by atoms with Gasteiger partial charge < -0.3 is 14.7 Å². The predicted octanol–water partition coefficient (Wildman–Crippen LogP) is 3.11. The molecule has 2 aromatic rings. The molecule has 0 bridgehead atoms. The monoisotopic (exact) mass is 352 g/mol. The second kappa shape index (κ2) is 7.68.